The van der Waals surface area contributed by atoms with Crippen LogP contribution in [0, 0.1) is 16.0 Å². The minimum Gasteiger partial charge on any atom is -0.478 e. The fourth-order valence-corrected chi connectivity index (χ4v) is 2.77. The van der Waals surface area contributed by atoms with E-state index in [2.05, 4.69) is 13.8 Å². The van der Waals surface area contributed by atoms with E-state index in [1.807, 2.05) is 29.1 Å². The highest BCUT2D eigenvalue weighted by molar-refractivity contribution is 5.89. The van der Waals surface area contributed by atoms with Crippen LogP contribution in [0.2, 0.25) is 0 Å². The number of nitro benzene ring substituents is 1. The van der Waals surface area contributed by atoms with E-state index in [1.54, 1.807) is 0 Å². The molecule has 0 aliphatic heterocycles. The van der Waals surface area contributed by atoms with E-state index in [0.717, 1.165) is 6.42 Å². The van der Waals surface area contributed by atoms with Gasteiger partial charge in [-0.1, -0.05) is 13.8 Å². The highest BCUT2D eigenvalue weighted by Gasteiger charge is 2.20. The molecule has 122 valence electrons. The number of hydrogen-bond donors (Lipinski definition) is 1. The molecule has 0 aliphatic carbocycles. The summed E-state index contributed by atoms with van der Waals surface area (Å²) in [5.74, 6) is -0.639. The predicted molar refractivity (Wildman–Crippen MR) is 86.7 cm³/mol. The zero-order valence-corrected chi connectivity index (χ0v) is 13.2. The number of aromatic carboxylic acids is 1. The van der Waals surface area contributed by atoms with Gasteiger partial charge in [0, 0.05) is 30.6 Å². The van der Waals surface area contributed by atoms with Crippen molar-refractivity contribution in [1.82, 2.24) is 4.57 Å². The van der Waals surface area contributed by atoms with Gasteiger partial charge in [0.25, 0.3) is 5.69 Å². The van der Waals surface area contributed by atoms with Crippen molar-refractivity contribution in [2.45, 2.75) is 32.7 Å². The first-order valence-electron chi connectivity index (χ1n) is 7.51. The molecular weight excluding hydrogens is 296 g/mol. The van der Waals surface area contributed by atoms with Crippen LogP contribution in [0.4, 0.5) is 5.69 Å². The SMILES string of the molecule is CC(C)C[C@@H](Cc1cc([N+](=O)[O-])ccc1C(=O)O)n1cccc1. The lowest BCUT2D eigenvalue weighted by molar-refractivity contribution is -0.384. The lowest BCUT2D eigenvalue weighted by Crippen LogP contribution is -2.15. The average Bonchev–Trinajstić information content (AvgIpc) is 2.99. The first kappa shape index (κ1) is 16.7. The number of benzene rings is 1. The normalized spacial score (nSPS) is 12.3. The zero-order valence-electron chi connectivity index (χ0n) is 13.2. The molecule has 0 fully saturated rings. The zero-order chi connectivity index (χ0) is 17.0. The van der Waals surface area contributed by atoms with Gasteiger partial charge in [0.05, 0.1) is 10.5 Å². The molecule has 0 unspecified atom stereocenters. The molecule has 2 rings (SSSR count). The minimum atomic E-state index is -1.06. The van der Waals surface area contributed by atoms with Crippen molar-refractivity contribution in [3.8, 4) is 0 Å². The van der Waals surface area contributed by atoms with Crippen LogP contribution in [0.15, 0.2) is 42.7 Å². The van der Waals surface area contributed by atoms with Crippen molar-refractivity contribution in [2.75, 3.05) is 0 Å². The van der Waals surface area contributed by atoms with E-state index in [9.17, 15) is 20.0 Å². The number of nitrogens with zero attached hydrogens (tertiary/aromatic N) is 2. The second kappa shape index (κ2) is 7.09. The Hall–Kier alpha value is -2.63. The highest BCUT2D eigenvalue weighted by Crippen LogP contribution is 2.27. The summed E-state index contributed by atoms with van der Waals surface area (Å²) >= 11 is 0. The second-order valence-electron chi connectivity index (χ2n) is 6.02. The van der Waals surface area contributed by atoms with Crippen LogP contribution >= 0.6 is 0 Å². The monoisotopic (exact) mass is 316 g/mol. The molecule has 23 heavy (non-hydrogen) atoms. The minimum absolute atomic E-state index is 0.0603. The first-order valence-corrected chi connectivity index (χ1v) is 7.51. The lowest BCUT2D eigenvalue weighted by atomic mass is 9.94. The molecule has 0 bridgehead atoms. The Morgan fingerprint density at radius 2 is 1.96 bits per heavy atom. The fourth-order valence-electron chi connectivity index (χ4n) is 2.77. The molecule has 2 aromatic rings. The van der Waals surface area contributed by atoms with Gasteiger partial charge >= 0.3 is 5.97 Å². The smallest absolute Gasteiger partial charge is 0.335 e. The fraction of sp³-hybridized carbons (Fsp3) is 0.353. The average molecular weight is 316 g/mol. The molecule has 1 N–H and O–H groups in total. The molecule has 1 heterocycles. The van der Waals surface area contributed by atoms with Gasteiger partial charge in [-0.2, -0.15) is 0 Å². The maximum Gasteiger partial charge on any atom is 0.335 e. The largest absolute Gasteiger partial charge is 0.478 e. The summed E-state index contributed by atoms with van der Waals surface area (Å²) in [5.41, 5.74) is 0.531. The molecule has 0 radical (unpaired) electrons. The third-order valence-electron chi connectivity index (χ3n) is 3.78. The highest BCUT2D eigenvalue weighted by atomic mass is 16.6. The first-order chi connectivity index (χ1) is 10.9. The van der Waals surface area contributed by atoms with Crippen molar-refractivity contribution < 1.29 is 14.8 Å². The van der Waals surface area contributed by atoms with Crippen LogP contribution in [0.3, 0.4) is 0 Å². The van der Waals surface area contributed by atoms with Gasteiger partial charge < -0.3 is 9.67 Å². The Balaban J connectivity index is 2.39. The third-order valence-corrected chi connectivity index (χ3v) is 3.78. The molecular formula is C17H20N2O4. The summed E-state index contributed by atoms with van der Waals surface area (Å²) in [4.78, 5) is 21.9. The Bertz CT molecular complexity index is 693. The number of carboxylic acid groups (broad SMARTS) is 1. The molecule has 0 amide bonds. The number of carboxylic acids is 1. The maximum absolute atomic E-state index is 11.4. The van der Waals surface area contributed by atoms with Crippen LogP contribution in [0.1, 0.15) is 42.2 Å². The molecule has 0 saturated carbocycles. The Morgan fingerprint density at radius 1 is 1.30 bits per heavy atom. The quantitative estimate of drug-likeness (QED) is 0.619. The van der Waals surface area contributed by atoms with Gasteiger partial charge in [-0.15, -0.1) is 0 Å². The van der Waals surface area contributed by atoms with E-state index < -0.39 is 10.9 Å². The summed E-state index contributed by atoms with van der Waals surface area (Å²) in [5, 5.41) is 20.3. The number of non-ortho nitro benzene ring substituents is 1. The third kappa shape index (κ3) is 4.18. The molecule has 1 aromatic heterocycles. The van der Waals surface area contributed by atoms with Gasteiger partial charge in [-0.3, -0.25) is 10.1 Å². The molecule has 1 atom stereocenters. The number of hydrogen-bond acceptors (Lipinski definition) is 3. The Labute approximate surface area is 134 Å². The van der Waals surface area contributed by atoms with Crippen LogP contribution in [-0.2, 0) is 6.42 Å². The van der Waals surface area contributed by atoms with Gasteiger partial charge in [0.2, 0.25) is 0 Å². The lowest BCUT2D eigenvalue weighted by Gasteiger charge is -2.22. The Kier molecular flexibility index (Phi) is 5.16. The van der Waals surface area contributed by atoms with Crippen LogP contribution in [0.5, 0.6) is 0 Å². The van der Waals surface area contributed by atoms with Crippen LogP contribution in [0.25, 0.3) is 0 Å². The topological polar surface area (TPSA) is 85.4 Å². The summed E-state index contributed by atoms with van der Waals surface area (Å²) in [6.45, 7) is 4.20. The number of rotatable bonds is 7. The van der Waals surface area contributed by atoms with Crippen molar-refractivity contribution in [3.63, 3.8) is 0 Å². The van der Waals surface area contributed by atoms with Crippen LogP contribution in [-0.4, -0.2) is 20.6 Å². The number of nitro groups is 1. The molecule has 0 saturated heterocycles. The van der Waals surface area contributed by atoms with Gasteiger partial charge in [-0.05, 0) is 42.5 Å². The molecule has 6 heteroatoms. The molecule has 0 spiro atoms. The second-order valence-corrected chi connectivity index (χ2v) is 6.02. The van der Waals surface area contributed by atoms with Gasteiger partial charge in [-0.25, -0.2) is 4.79 Å². The molecule has 1 aromatic carbocycles. The predicted octanol–water partition coefficient (Wildman–Crippen LogP) is 3.92. The summed E-state index contributed by atoms with van der Waals surface area (Å²) in [6, 6.07) is 7.82. The van der Waals surface area contributed by atoms with Crippen LogP contribution < -0.4 is 0 Å². The van der Waals surface area contributed by atoms with Crippen molar-refractivity contribution in [1.29, 1.82) is 0 Å². The maximum atomic E-state index is 11.4. The van der Waals surface area contributed by atoms with E-state index in [4.69, 9.17) is 0 Å². The summed E-state index contributed by atoms with van der Waals surface area (Å²) in [7, 11) is 0. The van der Waals surface area contributed by atoms with E-state index in [1.165, 1.54) is 18.2 Å². The van der Waals surface area contributed by atoms with Crippen molar-refractivity contribution in [3.05, 3.63) is 64.0 Å². The molecule has 6 nitrogen and oxygen atoms in total. The molecule has 0 aliphatic rings. The standard InChI is InChI=1S/C17H20N2O4/c1-12(2)9-15(18-7-3-4-8-18)11-13-10-14(19(22)23)5-6-16(13)17(20)21/h3-8,10,12,15H,9,11H2,1-2H3,(H,20,21)/t15-/m0/s1. The van der Waals surface area contributed by atoms with E-state index in [-0.39, 0.29) is 17.3 Å². The summed E-state index contributed by atoms with van der Waals surface area (Å²) in [6.07, 6.45) is 5.17. The van der Waals surface area contributed by atoms with Crippen molar-refractivity contribution in [2.24, 2.45) is 5.92 Å². The van der Waals surface area contributed by atoms with E-state index in [0.29, 0.717) is 17.9 Å². The number of aromatic nitrogens is 1. The van der Waals surface area contributed by atoms with Gasteiger partial charge in [0.1, 0.15) is 0 Å². The Morgan fingerprint density at radius 3 is 2.48 bits per heavy atom. The van der Waals surface area contributed by atoms with Crippen molar-refractivity contribution >= 4 is 11.7 Å². The van der Waals surface area contributed by atoms with E-state index >= 15 is 0 Å². The summed E-state index contributed by atoms with van der Waals surface area (Å²) < 4.78 is 2.03. The number of carbonyl (C=O) groups is 1. The van der Waals surface area contributed by atoms with Gasteiger partial charge in [0.15, 0.2) is 0 Å².